The molecule has 0 aliphatic carbocycles. The number of carbonyl (C=O) groups is 2. The van der Waals surface area contributed by atoms with Gasteiger partial charge < -0.3 is 15.0 Å². The number of ether oxygens (including phenoxy) is 1. The molecule has 21 heavy (non-hydrogen) atoms. The van der Waals surface area contributed by atoms with E-state index >= 15 is 0 Å². The molecule has 1 atom stereocenters. The van der Waals surface area contributed by atoms with Gasteiger partial charge in [0.2, 0.25) is 5.91 Å². The zero-order valence-electron chi connectivity index (χ0n) is 11.7. The normalized spacial score (nSPS) is 18.1. The molecule has 1 N–H and O–H groups in total. The van der Waals surface area contributed by atoms with Gasteiger partial charge in [-0.1, -0.05) is 0 Å². The van der Waals surface area contributed by atoms with Crippen LogP contribution < -0.4 is 10.1 Å². The van der Waals surface area contributed by atoms with Crippen molar-refractivity contribution in [2.24, 2.45) is 0 Å². The number of piperazine rings is 1. The lowest BCUT2D eigenvalue weighted by molar-refractivity contribution is -0.385. The average Bonchev–Trinajstić information content (AvgIpc) is 2.48. The highest BCUT2D eigenvalue weighted by Crippen LogP contribution is 2.28. The topological polar surface area (TPSA) is 102 Å². The Morgan fingerprint density at radius 2 is 2.24 bits per heavy atom. The number of hydrogen-bond donors (Lipinski definition) is 1. The summed E-state index contributed by atoms with van der Waals surface area (Å²) in [4.78, 5) is 35.7. The zero-order valence-corrected chi connectivity index (χ0v) is 11.7. The van der Waals surface area contributed by atoms with Crippen LogP contribution in [0.5, 0.6) is 5.75 Å². The number of rotatable bonds is 3. The molecule has 1 unspecified atom stereocenters. The van der Waals surface area contributed by atoms with Crippen LogP contribution in [0.1, 0.15) is 17.3 Å². The van der Waals surface area contributed by atoms with Crippen LogP contribution in [-0.4, -0.2) is 47.9 Å². The number of methoxy groups -OCH3 is 1. The maximum absolute atomic E-state index is 12.4. The second kappa shape index (κ2) is 5.78. The summed E-state index contributed by atoms with van der Waals surface area (Å²) in [6.45, 7) is 2.42. The number of nitro benzene ring substituents is 1. The lowest BCUT2D eigenvalue weighted by Gasteiger charge is -2.32. The lowest BCUT2D eigenvalue weighted by atomic mass is 10.1. The summed E-state index contributed by atoms with van der Waals surface area (Å²) in [7, 11) is 1.30. The lowest BCUT2D eigenvalue weighted by Crippen LogP contribution is -2.55. The standard InChI is InChI=1S/C13H15N3O5/c1-8-12(17)14-5-6-15(8)13(18)9-3-4-10(16(19)20)11(7-9)21-2/h3-4,7-8H,5-6H2,1-2H3,(H,14,17). The first kappa shape index (κ1) is 14.8. The molecule has 1 fully saturated rings. The van der Waals surface area contributed by atoms with Crippen LogP contribution in [0.3, 0.4) is 0 Å². The van der Waals surface area contributed by atoms with Crippen molar-refractivity contribution in [3.63, 3.8) is 0 Å². The minimum Gasteiger partial charge on any atom is -0.490 e. The van der Waals surface area contributed by atoms with Gasteiger partial charge in [0.25, 0.3) is 5.91 Å². The highest BCUT2D eigenvalue weighted by atomic mass is 16.6. The summed E-state index contributed by atoms with van der Waals surface area (Å²) in [5, 5.41) is 13.5. The van der Waals surface area contributed by atoms with Crippen LogP contribution >= 0.6 is 0 Å². The summed E-state index contributed by atoms with van der Waals surface area (Å²) in [6.07, 6.45) is 0. The van der Waals surface area contributed by atoms with Gasteiger partial charge in [-0.05, 0) is 13.0 Å². The average molecular weight is 293 g/mol. The number of nitro groups is 1. The van der Waals surface area contributed by atoms with E-state index in [1.807, 2.05) is 0 Å². The molecule has 0 radical (unpaired) electrons. The molecule has 1 aliphatic heterocycles. The quantitative estimate of drug-likeness (QED) is 0.648. The van der Waals surface area contributed by atoms with E-state index in [2.05, 4.69) is 5.32 Å². The Labute approximate surface area is 120 Å². The van der Waals surface area contributed by atoms with E-state index in [4.69, 9.17) is 4.74 Å². The Hall–Kier alpha value is -2.64. The third-order valence-corrected chi connectivity index (χ3v) is 3.38. The van der Waals surface area contributed by atoms with Gasteiger partial charge in [-0.15, -0.1) is 0 Å². The molecule has 0 aromatic heterocycles. The summed E-state index contributed by atoms with van der Waals surface area (Å²) >= 11 is 0. The van der Waals surface area contributed by atoms with E-state index in [0.717, 1.165) is 0 Å². The maximum Gasteiger partial charge on any atom is 0.310 e. The fraction of sp³-hybridized carbons (Fsp3) is 0.385. The van der Waals surface area contributed by atoms with Crippen molar-refractivity contribution in [2.75, 3.05) is 20.2 Å². The van der Waals surface area contributed by atoms with Gasteiger partial charge in [0.05, 0.1) is 12.0 Å². The molecule has 0 saturated carbocycles. The Morgan fingerprint density at radius 3 is 2.86 bits per heavy atom. The van der Waals surface area contributed by atoms with Gasteiger partial charge in [-0.25, -0.2) is 0 Å². The summed E-state index contributed by atoms with van der Waals surface area (Å²) < 4.78 is 4.94. The van der Waals surface area contributed by atoms with Gasteiger partial charge in [0.1, 0.15) is 6.04 Å². The van der Waals surface area contributed by atoms with E-state index < -0.39 is 11.0 Å². The van der Waals surface area contributed by atoms with E-state index in [0.29, 0.717) is 13.1 Å². The van der Waals surface area contributed by atoms with Gasteiger partial charge in [-0.3, -0.25) is 19.7 Å². The number of carbonyl (C=O) groups excluding carboxylic acids is 2. The van der Waals surface area contributed by atoms with E-state index in [-0.39, 0.29) is 28.8 Å². The highest BCUT2D eigenvalue weighted by Gasteiger charge is 2.30. The van der Waals surface area contributed by atoms with Crippen molar-refractivity contribution in [3.05, 3.63) is 33.9 Å². The number of amides is 2. The van der Waals surface area contributed by atoms with Crippen molar-refractivity contribution in [1.82, 2.24) is 10.2 Å². The van der Waals surface area contributed by atoms with Crippen molar-refractivity contribution in [2.45, 2.75) is 13.0 Å². The second-order valence-corrected chi connectivity index (χ2v) is 4.61. The van der Waals surface area contributed by atoms with Crippen LogP contribution in [0, 0.1) is 10.1 Å². The van der Waals surface area contributed by atoms with Gasteiger partial charge >= 0.3 is 5.69 Å². The molecule has 1 heterocycles. The predicted octanol–water partition coefficient (Wildman–Crippen LogP) is 0.564. The SMILES string of the molecule is COc1cc(C(=O)N2CCNC(=O)C2C)ccc1[N+](=O)[O-]. The molecule has 8 heteroatoms. The molecule has 2 amide bonds. The van der Waals surface area contributed by atoms with E-state index in [1.165, 1.54) is 30.2 Å². The summed E-state index contributed by atoms with van der Waals surface area (Å²) in [6, 6.07) is 3.33. The Morgan fingerprint density at radius 1 is 1.52 bits per heavy atom. The van der Waals surface area contributed by atoms with Crippen LogP contribution in [0.4, 0.5) is 5.69 Å². The molecule has 2 rings (SSSR count). The first-order chi connectivity index (χ1) is 9.95. The fourth-order valence-electron chi connectivity index (χ4n) is 2.19. The first-order valence-electron chi connectivity index (χ1n) is 6.37. The Balaban J connectivity index is 2.31. The molecular weight excluding hydrogens is 278 g/mol. The van der Waals surface area contributed by atoms with Crippen molar-refractivity contribution in [3.8, 4) is 5.75 Å². The molecule has 0 bridgehead atoms. The van der Waals surface area contributed by atoms with Crippen LogP contribution in [-0.2, 0) is 4.79 Å². The first-order valence-corrected chi connectivity index (χ1v) is 6.37. The third-order valence-electron chi connectivity index (χ3n) is 3.38. The van der Waals surface area contributed by atoms with Crippen molar-refractivity contribution in [1.29, 1.82) is 0 Å². The van der Waals surface area contributed by atoms with E-state index in [9.17, 15) is 19.7 Å². The van der Waals surface area contributed by atoms with Gasteiger partial charge in [-0.2, -0.15) is 0 Å². The largest absolute Gasteiger partial charge is 0.490 e. The molecule has 1 aromatic carbocycles. The zero-order chi connectivity index (χ0) is 15.6. The molecule has 8 nitrogen and oxygen atoms in total. The minimum atomic E-state index is -0.579. The van der Waals surface area contributed by atoms with Crippen molar-refractivity contribution < 1.29 is 19.2 Å². The Kier molecular flexibility index (Phi) is 4.06. The summed E-state index contributed by atoms with van der Waals surface area (Å²) in [5.41, 5.74) is 0.0393. The van der Waals surface area contributed by atoms with Gasteiger partial charge in [0, 0.05) is 30.8 Å². The molecule has 0 spiro atoms. The third kappa shape index (κ3) is 2.78. The van der Waals surface area contributed by atoms with Crippen LogP contribution in [0.2, 0.25) is 0 Å². The molecule has 1 aromatic rings. The Bertz CT molecular complexity index is 601. The number of nitrogens with zero attached hydrogens (tertiary/aromatic N) is 2. The molecule has 1 saturated heterocycles. The predicted molar refractivity (Wildman–Crippen MR) is 73.2 cm³/mol. The second-order valence-electron chi connectivity index (χ2n) is 4.61. The smallest absolute Gasteiger partial charge is 0.310 e. The monoisotopic (exact) mass is 293 g/mol. The van der Waals surface area contributed by atoms with Gasteiger partial charge in [0.15, 0.2) is 5.75 Å². The summed E-state index contributed by atoms with van der Waals surface area (Å²) in [5.74, 6) is -0.561. The van der Waals surface area contributed by atoms with Crippen LogP contribution in [0.15, 0.2) is 18.2 Å². The number of nitrogens with one attached hydrogen (secondary N) is 1. The maximum atomic E-state index is 12.4. The van der Waals surface area contributed by atoms with Crippen LogP contribution in [0.25, 0.3) is 0 Å². The molecule has 112 valence electrons. The number of benzene rings is 1. The number of hydrogen-bond acceptors (Lipinski definition) is 5. The molecular formula is C13H15N3O5. The fourth-order valence-corrected chi connectivity index (χ4v) is 2.19. The minimum absolute atomic E-state index is 0.0139. The highest BCUT2D eigenvalue weighted by molar-refractivity contribution is 5.98. The molecule has 1 aliphatic rings. The van der Waals surface area contributed by atoms with E-state index in [1.54, 1.807) is 6.92 Å². The van der Waals surface area contributed by atoms with Crippen molar-refractivity contribution >= 4 is 17.5 Å².